The van der Waals surface area contributed by atoms with Crippen LogP contribution < -0.4 is 0 Å². The molecule has 3 saturated carbocycles. The minimum Gasteiger partial charge on any atom is -0.462 e. The van der Waals surface area contributed by atoms with Gasteiger partial charge in [-0.05, 0) is 112 Å². The highest BCUT2D eigenvalue weighted by Gasteiger charge is 2.68. The van der Waals surface area contributed by atoms with Crippen molar-refractivity contribution in [1.82, 2.24) is 0 Å². The fraction of sp³-hybridized carbons (Fsp3) is 0.902. The van der Waals surface area contributed by atoms with Crippen molar-refractivity contribution in [3.8, 4) is 0 Å². The summed E-state index contributed by atoms with van der Waals surface area (Å²) in [6.07, 6.45) is 13.6. The van der Waals surface area contributed by atoms with Crippen LogP contribution in [0.2, 0.25) is 0 Å². The van der Waals surface area contributed by atoms with Gasteiger partial charge in [-0.2, -0.15) is 0 Å². The van der Waals surface area contributed by atoms with Gasteiger partial charge in [-0.3, -0.25) is 9.59 Å². The van der Waals surface area contributed by atoms with Crippen LogP contribution in [0.1, 0.15) is 139 Å². The Labute approximate surface area is 295 Å². The molecule has 2 heterocycles. The van der Waals surface area contributed by atoms with Crippen molar-refractivity contribution in [1.29, 1.82) is 0 Å². The summed E-state index contributed by atoms with van der Waals surface area (Å²) < 4.78 is 31.2. The van der Waals surface area contributed by atoms with Crippen molar-refractivity contribution in [2.24, 2.45) is 46.3 Å². The number of hydrogen-bond acceptors (Lipinski definition) is 8. The number of carbonyl (C=O) groups is 2. The zero-order valence-electron chi connectivity index (χ0n) is 31.8. The summed E-state index contributed by atoms with van der Waals surface area (Å²) in [6.45, 7) is 18.3. The predicted molar refractivity (Wildman–Crippen MR) is 187 cm³/mol. The number of carbonyl (C=O) groups excluding carboxylic acids is 2. The van der Waals surface area contributed by atoms with Crippen LogP contribution in [0.5, 0.6) is 0 Å². The molecule has 13 atom stereocenters. The molecule has 49 heavy (non-hydrogen) atoms. The average molecular weight is 687 g/mol. The summed E-state index contributed by atoms with van der Waals surface area (Å²) in [4.78, 5) is 25.7. The van der Waals surface area contributed by atoms with Crippen molar-refractivity contribution in [2.75, 3.05) is 19.8 Å². The highest BCUT2D eigenvalue weighted by molar-refractivity contribution is 5.78. The first-order chi connectivity index (χ1) is 23.1. The van der Waals surface area contributed by atoms with Crippen LogP contribution in [0, 0.1) is 46.3 Å². The summed E-state index contributed by atoms with van der Waals surface area (Å²) in [5.74, 6) is 2.53. The number of esters is 2. The maximum atomic E-state index is 12.9. The van der Waals surface area contributed by atoms with E-state index >= 15 is 0 Å². The molecular weight excluding hydrogens is 620 g/mol. The summed E-state index contributed by atoms with van der Waals surface area (Å²) in [6, 6.07) is 0. The number of hydrogen-bond donors (Lipinski definition) is 1. The van der Waals surface area contributed by atoms with Gasteiger partial charge in [0.15, 0.2) is 5.79 Å². The largest absolute Gasteiger partial charge is 0.462 e. The van der Waals surface area contributed by atoms with Gasteiger partial charge >= 0.3 is 11.9 Å². The Morgan fingerprint density at radius 3 is 2.39 bits per heavy atom. The smallest absolute Gasteiger partial charge is 0.306 e. The molecule has 0 aromatic heterocycles. The molecule has 2 aliphatic heterocycles. The summed E-state index contributed by atoms with van der Waals surface area (Å²) in [7, 11) is 0. The van der Waals surface area contributed by atoms with Crippen LogP contribution in [0.4, 0.5) is 0 Å². The van der Waals surface area contributed by atoms with Crippen LogP contribution in [0.25, 0.3) is 0 Å². The Kier molecular flexibility index (Phi) is 10.5. The van der Waals surface area contributed by atoms with Gasteiger partial charge in [0, 0.05) is 18.8 Å². The Hall–Kier alpha value is -1.48. The number of aliphatic hydroxyl groups excluding tert-OH is 1. The standard InChI is InChI=1S/C41H66O8/c1-9-37(5,24-42)46-25-38(6,10-2)49-35(44)14-13-34(43)47-29-16-18-39(7)28(21-29)11-12-30-31(39)17-19-40(8)32(30)22-33-36(40)27(4)41(48-33)20-15-26(3)23-45-41/h11,26-27,29-33,36,42H,9-10,12-25H2,1-8H3/t26-,27+,29+,30-,31+,32-,33+,36-,37?,38?,39+,40+,41-/m1/s1. The van der Waals surface area contributed by atoms with E-state index in [4.69, 9.17) is 23.7 Å². The number of fused-ring (bicyclic) bond motifs is 7. The Balaban J connectivity index is 1.01. The van der Waals surface area contributed by atoms with E-state index in [1.54, 1.807) is 0 Å². The highest BCUT2D eigenvalue weighted by Crippen LogP contribution is 2.70. The molecule has 278 valence electrons. The zero-order chi connectivity index (χ0) is 35.4. The normalized spacial score (nSPS) is 43.7. The lowest BCUT2D eigenvalue weighted by molar-refractivity contribution is -0.272. The molecule has 4 aliphatic carbocycles. The van der Waals surface area contributed by atoms with Gasteiger partial charge in [-0.15, -0.1) is 0 Å². The second-order valence-electron chi connectivity index (χ2n) is 18.2. The molecule has 1 N–H and O–H groups in total. The minimum atomic E-state index is -0.824. The van der Waals surface area contributed by atoms with Crippen molar-refractivity contribution >= 4 is 11.9 Å². The van der Waals surface area contributed by atoms with E-state index in [0.717, 1.165) is 38.7 Å². The van der Waals surface area contributed by atoms with Gasteiger partial charge in [0.25, 0.3) is 0 Å². The van der Waals surface area contributed by atoms with Crippen molar-refractivity contribution in [3.63, 3.8) is 0 Å². The molecule has 0 bridgehead atoms. The summed E-state index contributed by atoms with van der Waals surface area (Å²) >= 11 is 0. The Morgan fingerprint density at radius 2 is 1.71 bits per heavy atom. The van der Waals surface area contributed by atoms with Gasteiger partial charge in [-0.1, -0.05) is 53.2 Å². The molecule has 2 saturated heterocycles. The van der Waals surface area contributed by atoms with Crippen LogP contribution in [0.3, 0.4) is 0 Å². The third-order valence-corrected chi connectivity index (χ3v) is 15.1. The van der Waals surface area contributed by atoms with E-state index in [9.17, 15) is 14.7 Å². The first-order valence-electron chi connectivity index (χ1n) is 19.8. The highest BCUT2D eigenvalue weighted by atomic mass is 16.7. The third-order valence-electron chi connectivity index (χ3n) is 15.1. The van der Waals surface area contributed by atoms with Crippen LogP contribution in [-0.4, -0.2) is 66.1 Å². The second-order valence-corrected chi connectivity index (χ2v) is 18.2. The topological polar surface area (TPSA) is 101 Å². The quantitative estimate of drug-likeness (QED) is 0.173. The predicted octanol–water partition coefficient (Wildman–Crippen LogP) is 7.93. The van der Waals surface area contributed by atoms with E-state index < -0.39 is 17.2 Å². The molecule has 8 nitrogen and oxygen atoms in total. The molecule has 0 aromatic rings. The third kappa shape index (κ3) is 6.79. The fourth-order valence-electron chi connectivity index (χ4n) is 11.3. The number of aliphatic hydroxyl groups is 1. The molecule has 6 aliphatic rings. The Morgan fingerprint density at radius 1 is 0.980 bits per heavy atom. The SMILES string of the molecule is CCC(C)(CO)OCC(C)(CC)OC(=O)CCC(=O)O[C@H]1CC[C@@]2(C)C(=CC[C@H]3[C@H]4C[C@@H]5O[C@]6(CC[C@@H](C)CO6)[C@@H](C)[C@H]5[C@@]4(C)CC[C@@H]32)C1. The molecule has 5 fully saturated rings. The molecular formula is C41H66O8. The van der Waals surface area contributed by atoms with Crippen molar-refractivity contribution in [2.45, 2.75) is 168 Å². The minimum absolute atomic E-state index is 0.00869. The van der Waals surface area contributed by atoms with Crippen LogP contribution in [-0.2, 0) is 33.3 Å². The lowest BCUT2D eigenvalue weighted by Crippen LogP contribution is -2.52. The summed E-state index contributed by atoms with van der Waals surface area (Å²) in [5, 5.41) is 9.67. The van der Waals surface area contributed by atoms with Crippen molar-refractivity contribution < 1.29 is 38.4 Å². The van der Waals surface area contributed by atoms with Gasteiger partial charge in [-0.25, -0.2) is 0 Å². The summed E-state index contributed by atoms with van der Waals surface area (Å²) in [5.41, 5.74) is 0.434. The van der Waals surface area contributed by atoms with E-state index in [1.807, 2.05) is 27.7 Å². The molecule has 6 rings (SSSR count). The molecule has 0 amide bonds. The fourth-order valence-corrected chi connectivity index (χ4v) is 11.3. The molecule has 2 unspecified atom stereocenters. The average Bonchev–Trinajstić information content (AvgIpc) is 3.53. The van der Waals surface area contributed by atoms with Gasteiger partial charge < -0.3 is 28.8 Å². The maximum Gasteiger partial charge on any atom is 0.306 e. The van der Waals surface area contributed by atoms with E-state index in [1.165, 1.54) is 31.3 Å². The van der Waals surface area contributed by atoms with E-state index in [-0.39, 0.29) is 49.3 Å². The Bertz CT molecular complexity index is 1250. The zero-order valence-corrected chi connectivity index (χ0v) is 31.8. The van der Waals surface area contributed by atoms with Gasteiger partial charge in [0.1, 0.15) is 11.7 Å². The van der Waals surface area contributed by atoms with Crippen LogP contribution in [0.15, 0.2) is 11.6 Å². The van der Waals surface area contributed by atoms with E-state index in [0.29, 0.717) is 59.9 Å². The molecule has 0 aromatic carbocycles. The maximum absolute atomic E-state index is 12.9. The van der Waals surface area contributed by atoms with E-state index in [2.05, 4.69) is 33.8 Å². The van der Waals surface area contributed by atoms with Crippen LogP contribution >= 0.6 is 0 Å². The van der Waals surface area contributed by atoms with Gasteiger partial charge in [0.2, 0.25) is 0 Å². The number of allylic oxidation sites excluding steroid dienone is 1. The lowest BCUT2D eigenvalue weighted by Gasteiger charge is -2.58. The molecule has 8 heteroatoms. The van der Waals surface area contributed by atoms with Gasteiger partial charge in [0.05, 0.1) is 44.4 Å². The monoisotopic (exact) mass is 686 g/mol. The van der Waals surface area contributed by atoms with Crippen molar-refractivity contribution in [3.05, 3.63) is 11.6 Å². The molecule has 0 radical (unpaired) electrons. The first kappa shape index (κ1) is 37.3. The molecule has 1 spiro atoms. The number of ether oxygens (including phenoxy) is 5. The first-order valence-corrected chi connectivity index (χ1v) is 19.8. The number of rotatable bonds is 11. The lowest BCUT2D eigenvalue weighted by atomic mass is 9.47. The second kappa shape index (κ2) is 13.8.